The molecule has 0 radical (unpaired) electrons. The van der Waals surface area contributed by atoms with Gasteiger partial charge in [-0.2, -0.15) is 0 Å². The highest BCUT2D eigenvalue weighted by molar-refractivity contribution is 5.71. The normalized spacial score (nSPS) is 13.2. The Kier molecular flexibility index (Phi) is 3.79. The van der Waals surface area contributed by atoms with Crippen LogP contribution in [0.1, 0.15) is 13.8 Å². The SMILES string of the molecule is CC(C)C(CO)NC(N)=O. The number of urea groups is 1. The minimum Gasteiger partial charge on any atom is -0.394 e. The lowest BCUT2D eigenvalue weighted by Crippen LogP contribution is -2.43. The summed E-state index contributed by atoms with van der Waals surface area (Å²) >= 11 is 0. The molecular weight excluding hydrogens is 132 g/mol. The fraction of sp³-hybridized carbons (Fsp3) is 0.833. The van der Waals surface area contributed by atoms with Gasteiger partial charge in [-0.25, -0.2) is 4.79 Å². The molecule has 1 unspecified atom stereocenters. The van der Waals surface area contributed by atoms with E-state index < -0.39 is 6.03 Å². The number of carbonyl (C=O) groups is 1. The Labute approximate surface area is 60.4 Å². The van der Waals surface area contributed by atoms with Crippen LogP contribution in [-0.4, -0.2) is 23.8 Å². The minimum absolute atomic E-state index is 0.0688. The zero-order valence-electron chi connectivity index (χ0n) is 6.29. The molecule has 4 heteroatoms. The number of nitrogens with one attached hydrogen (secondary N) is 1. The molecule has 60 valence electrons. The highest BCUT2D eigenvalue weighted by Crippen LogP contribution is 1.98. The van der Waals surface area contributed by atoms with Crippen molar-refractivity contribution in [1.82, 2.24) is 5.32 Å². The third-order valence-corrected chi connectivity index (χ3v) is 1.33. The molecule has 0 aliphatic heterocycles. The smallest absolute Gasteiger partial charge is 0.312 e. The van der Waals surface area contributed by atoms with Crippen LogP contribution in [-0.2, 0) is 0 Å². The summed E-state index contributed by atoms with van der Waals surface area (Å²) < 4.78 is 0. The van der Waals surface area contributed by atoms with E-state index in [0.717, 1.165) is 0 Å². The monoisotopic (exact) mass is 146 g/mol. The van der Waals surface area contributed by atoms with Gasteiger partial charge >= 0.3 is 6.03 Å². The lowest BCUT2D eigenvalue weighted by Gasteiger charge is -2.17. The first kappa shape index (κ1) is 9.23. The second-order valence-electron chi connectivity index (χ2n) is 2.54. The fourth-order valence-corrected chi connectivity index (χ4v) is 0.606. The second kappa shape index (κ2) is 4.11. The van der Waals surface area contributed by atoms with Gasteiger partial charge in [0.1, 0.15) is 0 Å². The van der Waals surface area contributed by atoms with Gasteiger partial charge in [-0.3, -0.25) is 0 Å². The summed E-state index contributed by atoms with van der Waals surface area (Å²) in [6, 6.07) is -0.815. The standard InChI is InChI=1S/C6H14N2O2/c1-4(2)5(3-9)8-6(7)10/h4-5,9H,3H2,1-2H3,(H3,7,8,10). The minimum atomic E-state index is -0.590. The van der Waals surface area contributed by atoms with Crippen molar-refractivity contribution in [3.8, 4) is 0 Å². The highest BCUT2D eigenvalue weighted by Gasteiger charge is 2.12. The van der Waals surface area contributed by atoms with Gasteiger partial charge in [0.15, 0.2) is 0 Å². The Balaban J connectivity index is 3.71. The van der Waals surface area contributed by atoms with Crippen molar-refractivity contribution in [3.05, 3.63) is 0 Å². The quantitative estimate of drug-likeness (QED) is 0.510. The molecule has 0 aliphatic rings. The van der Waals surface area contributed by atoms with Crippen LogP contribution in [0.25, 0.3) is 0 Å². The zero-order valence-corrected chi connectivity index (χ0v) is 6.29. The van der Waals surface area contributed by atoms with E-state index in [4.69, 9.17) is 10.8 Å². The van der Waals surface area contributed by atoms with Crippen LogP contribution in [0, 0.1) is 5.92 Å². The molecule has 4 nitrogen and oxygen atoms in total. The van der Waals surface area contributed by atoms with Crippen LogP contribution < -0.4 is 11.1 Å². The molecule has 0 fully saturated rings. The molecule has 0 heterocycles. The summed E-state index contributed by atoms with van der Waals surface area (Å²) in [4.78, 5) is 10.3. The van der Waals surface area contributed by atoms with Crippen molar-refractivity contribution < 1.29 is 9.90 Å². The van der Waals surface area contributed by atoms with Gasteiger partial charge in [0.2, 0.25) is 0 Å². The van der Waals surface area contributed by atoms with Gasteiger partial charge in [-0.05, 0) is 5.92 Å². The summed E-state index contributed by atoms with van der Waals surface area (Å²) in [7, 11) is 0. The molecule has 0 spiro atoms. The third-order valence-electron chi connectivity index (χ3n) is 1.33. The van der Waals surface area contributed by atoms with Crippen molar-refractivity contribution in [2.24, 2.45) is 11.7 Å². The van der Waals surface area contributed by atoms with Crippen LogP contribution in [0.5, 0.6) is 0 Å². The number of nitrogens with two attached hydrogens (primary N) is 1. The largest absolute Gasteiger partial charge is 0.394 e. The van der Waals surface area contributed by atoms with E-state index in [2.05, 4.69) is 5.32 Å². The van der Waals surface area contributed by atoms with Gasteiger partial charge in [-0.15, -0.1) is 0 Å². The van der Waals surface area contributed by atoms with Crippen LogP contribution in [0.15, 0.2) is 0 Å². The van der Waals surface area contributed by atoms with Gasteiger partial charge in [0.05, 0.1) is 12.6 Å². The van der Waals surface area contributed by atoms with Crippen LogP contribution in [0.4, 0.5) is 4.79 Å². The Morgan fingerprint density at radius 3 is 2.30 bits per heavy atom. The van der Waals surface area contributed by atoms with Crippen molar-refractivity contribution in [3.63, 3.8) is 0 Å². The maximum Gasteiger partial charge on any atom is 0.312 e. The number of primary amides is 1. The van der Waals surface area contributed by atoms with Crippen molar-refractivity contribution >= 4 is 6.03 Å². The average Bonchev–Trinajstić information content (AvgIpc) is 1.81. The van der Waals surface area contributed by atoms with E-state index >= 15 is 0 Å². The first-order chi connectivity index (χ1) is 4.57. The van der Waals surface area contributed by atoms with E-state index in [9.17, 15) is 4.79 Å². The predicted octanol–water partition coefficient (Wildman–Crippen LogP) is -0.328. The van der Waals surface area contributed by atoms with Crippen molar-refractivity contribution in [2.75, 3.05) is 6.61 Å². The molecule has 0 rings (SSSR count). The van der Waals surface area contributed by atoms with Crippen LogP contribution in [0.2, 0.25) is 0 Å². The number of hydrogen-bond donors (Lipinski definition) is 3. The van der Waals surface area contributed by atoms with E-state index in [-0.39, 0.29) is 18.6 Å². The number of aliphatic hydroxyl groups is 1. The molecule has 2 amide bonds. The van der Waals surface area contributed by atoms with Gasteiger partial charge in [-0.1, -0.05) is 13.8 Å². The van der Waals surface area contributed by atoms with E-state index in [0.29, 0.717) is 0 Å². The van der Waals surface area contributed by atoms with Crippen LogP contribution in [0.3, 0.4) is 0 Å². The average molecular weight is 146 g/mol. The van der Waals surface area contributed by atoms with Crippen LogP contribution >= 0.6 is 0 Å². The first-order valence-corrected chi connectivity index (χ1v) is 3.24. The summed E-state index contributed by atoms with van der Waals surface area (Å²) in [5.41, 5.74) is 4.85. The molecule has 10 heavy (non-hydrogen) atoms. The third kappa shape index (κ3) is 3.29. The molecule has 0 bridgehead atoms. The number of hydrogen-bond acceptors (Lipinski definition) is 2. The number of aliphatic hydroxyl groups excluding tert-OH is 1. The van der Waals surface area contributed by atoms with Gasteiger partial charge in [0, 0.05) is 0 Å². The Morgan fingerprint density at radius 1 is 1.70 bits per heavy atom. The Hall–Kier alpha value is -0.770. The van der Waals surface area contributed by atoms with E-state index in [1.165, 1.54) is 0 Å². The molecule has 0 aromatic rings. The topological polar surface area (TPSA) is 75.3 Å². The molecular formula is C6H14N2O2. The van der Waals surface area contributed by atoms with Crippen molar-refractivity contribution in [1.29, 1.82) is 0 Å². The Bertz CT molecular complexity index is 114. The molecule has 0 aliphatic carbocycles. The summed E-state index contributed by atoms with van der Waals surface area (Å²) in [5.74, 6) is 0.206. The lowest BCUT2D eigenvalue weighted by atomic mass is 10.1. The molecule has 0 saturated carbocycles. The Morgan fingerprint density at radius 2 is 2.20 bits per heavy atom. The molecule has 0 saturated heterocycles. The van der Waals surface area contributed by atoms with Crippen molar-refractivity contribution in [2.45, 2.75) is 19.9 Å². The summed E-state index contributed by atoms with van der Waals surface area (Å²) in [6.07, 6.45) is 0. The summed E-state index contributed by atoms with van der Waals surface area (Å²) in [5, 5.41) is 11.1. The maximum atomic E-state index is 10.3. The predicted molar refractivity (Wildman–Crippen MR) is 38.4 cm³/mol. The summed E-state index contributed by atoms with van der Waals surface area (Å²) in [6.45, 7) is 3.73. The maximum absolute atomic E-state index is 10.3. The number of amides is 2. The first-order valence-electron chi connectivity index (χ1n) is 3.24. The molecule has 1 atom stereocenters. The van der Waals surface area contributed by atoms with Gasteiger partial charge < -0.3 is 16.2 Å². The molecule has 4 N–H and O–H groups in total. The second-order valence-corrected chi connectivity index (χ2v) is 2.54. The van der Waals surface area contributed by atoms with E-state index in [1.807, 2.05) is 13.8 Å². The van der Waals surface area contributed by atoms with E-state index in [1.54, 1.807) is 0 Å². The zero-order chi connectivity index (χ0) is 8.15. The molecule has 0 aromatic heterocycles. The number of rotatable bonds is 3. The highest BCUT2D eigenvalue weighted by atomic mass is 16.3. The molecule has 0 aromatic carbocycles. The lowest BCUT2D eigenvalue weighted by molar-refractivity contribution is 0.202. The fourth-order valence-electron chi connectivity index (χ4n) is 0.606. The number of carbonyl (C=O) groups excluding carboxylic acids is 1. The van der Waals surface area contributed by atoms with Gasteiger partial charge in [0.25, 0.3) is 0 Å².